The fraction of sp³-hybridized carbons (Fsp3) is 0.333. The van der Waals surface area contributed by atoms with Gasteiger partial charge in [-0.3, -0.25) is 4.79 Å². The van der Waals surface area contributed by atoms with E-state index in [4.69, 9.17) is 10.00 Å². The summed E-state index contributed by atoms with van der Waals surface area (Å²) in [5, 5.41) is 14.5. The SMILES string of the molecule is CCNCC(=O)Nc1c(C#N)cccc1OC. The van der Waals surface area contributed by atoms with Gasteiger partial charge in [0.15, 0.2) is 0 Å². The third-order valence-corrected chi connectivity index (χ3v) is 2.17. The molecule has 17 heavy (non-hydrogen) atoms. The molecule has 0 spiro atoms. The van der Waals surface area contributed by atoms with Crippen molar-refractivity contribution in [2.45, 2.75) is 6.92 Å². The molecule has 90 valence electrons. The molecule has 0 aliphatic rings. The molecule has 5 heteroatoms. The zero-order valence-corrected chi connectivity index (χ0v) is 9.91. The number of likely N-dealkylation sites (N-methyl/N-ethyl adjacent to an activating group) is 1. The Morgan fingerprint density at radius 2 is 2.29 bits per heavy atom. The highest BCUT2D eigenvalue weighted by Crippen LogP contribution is 2.27. The predicted molar refractivity (Wildman–Crippen MR) is 64.9 cm³/mol. The highest BCUT2D eigenvalue weighted by atomic mass is 16.5. The minimum Gasteiger partial charge on any atom is -0.495 e. The molecular formula is C12H15N3O2. The fourth-order valence-electron chi connectivity index (χ4n) is 1.35. The first-order chi connectivity index (χ1) is 8.22. The number of rotatable bonds is 5. The lowest BCUT2D eigenvalue weighted by atomic mass is 10.1. The molecule has 0 aromatic heterocycles. The van der Waals surface area contributed by atoms with Crippen LogP contribution in [0.15, 0.2) is 18.2 Å². The summed E-state index contributed by atoms with van der Waals surface area (Å²) in [7, 11) is 1.50. The summed E-state index contributed by atoms with van der Waals surface area (Å²) in [6.45, 7) is 2.83. The van der Waals surface area contributed by atoms with E-state index in [0.29, 0.717) is 23.5 Å². The van der Waals surface area contributed by atoms with Gasteiger partial charge in [0.2, 0.25) is 5.91 Å². The van der Waals surface area contributed by atoms with Crippen molar-refractivity contribution in [2.75, 3.05) is 25.5 Å². The van der Waals surface area contributed by atoms with Gasteiger partial charge in [-0.2, -0.15) is 5.26 Å². The van der Waals surface area contributed by atoms with E-state index in [1.807, 2.05) is 13.0 Å². The van der Waals surface area contributed by atoms with Crippen molar-refractivity contribution < 1.29 is 9.53 Å². The van der Waals surface area contributed by atoms with Gasteiger partial charge in [-0.05, 0) is 18.7 Å². The Kier molecular flexibility index (Phi) is 4.98. The molecule has 0 aliphatic carbocycles. The second kappa shape index (κ2) is 6.51. The van der Waals surface area contributed by atoms with Gasteiger partial charge in [-0.25, -0.2) is 0 Å². The molecule has 0 heterocycles. The van der Waals surface area contributed by atoms with Gasteiger partial charge in [0, 0.05) is 0 Å². The molecule has 1 rings (SSSR count). The van der Waals surface area contributed by atoms with Crippen LogP contribution in [0.4, 0.5) is 5.69 Å². The zero-order valence-electron chi connectivity index (χ0n) is 9.91. The number of benzene rings is 1. The van der Waals surface area contributed by atoms with E-state index in [0.717, 1.165) is 0 Å². The van der Waals surface area contributed by atoms with Crippen molar-refractivity contribution in [1.29, 1.82) is 5.26 Å². The molecule has 5 nitrogen and oxygen atoms in total. The number of methoxy groups -OCH3 is 1. The number of carbonyl (C=O) groups is 1. The van der Waals surface area contributed by atoms with Gasteiger partial charge in [0.05, 0.1) is 19.2 Å². The van der Waals surface area contributed by atoms with E-state index < -0.39 is 0 Å². The molecule has 0 fully saturated rings. The number of nitriles is 1. The Morgan fingerprint density at radius 3 is 2.88 bits per heavy atom. The van der Waals surface area contributed by atoms with E-state index >= 15 is 0 Å². The van der Waals surface area contributed by atoms with E-state index in [9.17, 15) is 4.79 Å². The molecule has 0 atom stereocenters. The monoisotopic (exact) mass is 233 g/mol. The minimum absolute atomic E-state index is 0.201. The van der Waals surface area contributed by atoms with Crippen LogP contribution in [0.25, 0.3) is 0 Å². The summed E-state index contributed by atoms with van der Waals surface area (Å²) in [6.07, 6.45) is 0. The number of ether oxygens (including phenoxy) is 1. The highest BCUT2D eigenvalue weighted by Gasteiger charge is 2.11. The van der Waals surface area contributed by atoms with E-state index in [1.54, 1.807) is 18.2 Å². The first kappa shape index (κ1) is 13.0. The lowest BCUT2D eigenvalue weighted by molar-refractivity contribution is -0.115. The minimum atomic E-state index is -0.201. The second-order valence-electron chi connectivity index (χ2n) is 3.32. The standard InChI is InChI=1S/C12H15N3O2/c1-3-14-8-11(16)15-12-9(7-13)5-4-6-10(12)17-2/h4-6,14H,3,8H2,1-2H3,(H,15,16). The van der Waals surface area contributed by atoms with Crippen LogP contribution in [0.2, 0.25) is 0 Å². The lowest BCUT2D eigenvalue weighted by Crippen LogP contribution is -2.28. The predicted octanol–water partition coefficient (Wildman–Crippen LogP) is 1.11. The van der Waals surface area contributed by atoms with Crippen molar-refractivity contribution in [3.05, 3.63) is 23.8 Å². The average Bonchev–Trinajstić information content (AvgIpc) is 2.36. The first-order valence-corrected chi connectivity index (χ1v) is 5.30. The fourth-order valence-corrected chi connectivity index (χ4v) is 1.35. The molecule has 0 aliphatic heterocycles. The molecule has 0 unspecified atom stereocenters. The smallest absolute Gasteiger partial charge is 0.238 e. The maximum absolute atomic E-state index is 11.6. The van der Waals surface area contributed by atoms with E-state index in [-0.39, 0.29) is 12.5 Å². The van der Waals surface area contributed by atoms with Crippen LogP contribution in [0, 0.1) is 11.3 Å². The largest absolute Gasteiger partial charge is 0.495 e. The molecule has 0 bridgehead atoms. The van der Waals surface area contributed by atoms with Crippen LogP contribution in [-0.2, 0) is 4.79 Å². The Labute approximate surface area is 100 Å². The molecule has 0 saturated carbocycles. The maximum atomic E-state index is 11.6. The van der Waals surface area contributed by atoms with E-state index in [1.165, 1.54) is 7.11 Å². The number of para-hydroxylation sites is 1. The number of nitrogens with one attached hydrogen (secondary N) is 2. The second-order valence-corrected chi connectivity index (χ2v) is 3.32. The third kappa shape index (κ3) is 3.47. The summed E-state index contributed by atoms with van der Waals surface area (Å²) >= 11 is 0. The van der Waals surface area contributed by atoms with Gasteiger partial charge >= 0.3 is 0 Å². The summed E-state index contributed by atoms with van der Waals surface area (Å²) in [5.41, 5.74) is 0.801. The topological polar surface area (TPSA) is 74.2 Å². The average molecular weight is 233 g/mol. The Morgan fingerprint density at radius 1 is 1.53 bits per heavy atom. The van der Waals surface area contributed by atoms with Crippen LogP contribution in [0.5, 0.6) is 5.75 Å². The van der Waals surface area contributed by atoms with Crippen molar-refractivity contribution in [2.24, 2.45) is 0 Å². The van der Waals surface area contributed by atoms with Crippen molar-refractivity contribution in [3.63, 3.8) is 0 Å². The molecular weight excluding hydrogens is 218 g/mol. The van der Waals surface area contributed by atoms with Crippen molar-refractivity contribution in [3.8, 4) is 11.8 Å². The number of carbonyl (C=O) groups excluding carboxylic acids is 1. The summed E-state index contributed by atoms with van der Waals surface area (Å²) < 4.78 is 5.11. The summed E-state index contributed by atoms with van der Waals surface area (Å²) in [5.74, 6) is 0.279. The number of hydrogen-bond acceptors (Lipinski definition) is 4. The number of nitrogens with zero attached hydrogens (tertiary/aromatic N) is 1. The molecule has 1 aromatic rings. The summed E-state index contributed by atoms with van der Waals surface area (Å²) in [6, 6.07) is 7.05. The van der Waals surface area contributed by atoms with Crippen LogP contribution in [-0.4, -0.2) is 26.1 Å². The van der Waals surface area contributed by atoms with Gasteiger partial charge in [0.25, 0.3) is 0 Å². The van der Waals surface area contributed by atoms with Crippen LogP contribution in [0.3, 0.4) is 0 Å². The maximum Gasteiger partial charge on any atom is 0.238 e. The lowest BCUT2D eigenvalue weighted by Gasteiger charge is -2.11. The molecule has 1 aromatic carbocycles. The Balaban J connectivity index is 2.88. The summed E-state index contributed by atoms with van der Waals surface area (Å²) in [4.78, 5) is 11.6. The van der Waals surface area contributed by atoms with Crippen molar-refractivity contribution in [1.82, 2.24) is 5.32 Å². The van der Waals surface area contributed by atoms with Gasteiger partial charge < -0.3 is 15.4 Å². The molecule has 1 amide bonds. The number of amides is 1. The molecule has 0 saturated heterocycles. The number of hydrogen-bond donors (Lipinski definition) is 2. The van der Waals surface area contributed by atoms with Crippen LogP contribution in [0.1, 0.15) is 12.5 Å². The molecule has 2 N–H and O–H groups in total. The van der Waals surface area contributed by atoms with Crippen LogP contribution >= 0.6 is 0 Å². The molecule has 0 radical (unpaired) electrons. The zero-order chi connectivity index (χ0) is 12.7. The Bertz CT molecular complexity index is 438. The van der Waals surface area contributed by atoms with Gasteiger partial charge in [-0.1, -0.05) is 13.0 Å². The third-order valence-electron chi connectivity index (χ3n) is 2.17. The normalized spacial score (nSPS) is 9.47. The quantitative estimate of drug-likeness (QED) is 0.799. The van der Waals surface area contributed by atoms with Gasteiger partial charge in [0.1, 0.15) is 17.5 Å². The Hall–Kier alpha value is -2.06. The van der Waals surface area contributed by atoms with Crippen molar-refractivity contribution >= 4 is 11.6 Å². The van der Waals surface area contributed by atoms with E-state index in [2.05, 4.69) is 10.6 Å². The van der Waals surface area contributed by atoms with Gasteiger partial charge in [-0.15, -0.1) is 0 Å². The highest BCUT2D eigenvalue weighted by molar-refractivity contribution is 5.95. The first-order valence-electron chi connectivity index (χ1n) is 5.30. The van der Waals surface area contributed by atoms with Crippen LogP contribution < -0.4 is 15.4 Å². The number of anilines is 1.